The van der Waals surface area contributed by atoms with E-state index < -0.39 is 0 Å². The molecule has 0 spiro atoms. The van der Waals surface area contributed by atoms with Crippen molar-refractivity contribution < 1.29 is 5.11 Å². The first kappa shape index (κ1) is 11.2. The van der Waals surface area contributed by atoms with E-state index in [1.165, 1.54) is 0 Å². The van der Waals surface area contributed by atoms with E-state index in [1.807, 2.05) is 25.2 Å². The molecule has 0 fully saturated rings. The number of likely N-dealkylation sites (N-methyl/N-ethyl adjacent to an activating group) is 1. The molecule has 72 valence electrons. The van der Waals surface area contributed by atoms with Gasteiger partial charge in [-0.3, -0.25) is 0 Å². The Morgan fingerprint density at radius 3 is 2.77 bits per heavy atom. The summed E-state index contributed by atoms with van der Waals surface area (Å²) in [7, 11) is 1.82. The molecule has 0 amide bonds. The van der Waals surface area contributed by atoms with E-state index in [1.54, 1.807) is 0 Å². The zero-order valence-corrected chi connectivity index (χ0v) is 10.1. The molecule has 13 heavy (non-hydrogen) atoms. The Morgan fingerprint density at radius 2 is 2.31 bits per heavy atom. The van der Waals surface area contributed by atoms with E-state index in [-0.39, 0.29) is 12.6 Å². The van der Waals surface area contributed by atoms with Gasteiger partial charge in [-0.15, -0.1) is 0 Å². The minimum absolute atomic E-state index is 0.00853. The van der Waals surface area contributed by atoms with Gasteiger partial charge in [-0.2, -0.15) is 0 Å². The van der Waals surface area contributed by atoms with Crippen LogP contribution in [0.15, 0.2) is 18.2 Å². The van der Waals surface area contributed by atoms with Crippen LogP contribution in [0.1, 0.15) is 11.6 Å². The molecule has 0 unspecified atom stereocenters. The maximum atomic E-state index is 9.04. The van der Waals surface area contributed by atoms with Crippen molar-refractivity contribution in [2.45, 2.75) is 6.04 Å². The van der Waals surface area contributed by atoms with Crippen molar-refractivity contribution in [1.29, 1.82) is 0 Å². The number of hydrogen-bond acceptors (Lipinski definition) is 2. The van der Waals surface area contributed by atoms with Gasteiger partial charge in [0, 0.05) is 3.57 Å². The second-order valence-electron chi connectivity index (χ2n) is 2.70. The lowest BCUT2D eigenvalue weighted by Crippen LogP contribution is -2.19. The van der Waals surface area contributed by atoms with Crippen LogP contribution in [0, 0.1) is 3.57 Å². The van der Waals surface area contributed by atoms with Gasteiger partial charge in [0.05, 0.1) is 17.7 Å². The number of aliphatic hydroxyl groups is 1. The summed E-state index contributed by atoms with van der Waals surface area (Å²) in [5.74, 6) is 0. The number of benzene rings is 1. The predicted octanol–water partition coefficient (Wildman–Crippen LogP) is 2.20. The van der Waals surface area contributed by atoms with E-state index in [0.29, 0.717) is 0 Å². The summed E-state index contributed by atoms with van der Waals surface area (Å²) in [4.78, 5) is 0. The van der Waals surface area contributed by atoms with Crippen molar-refractivity contribution in [3.8, 4) is 0 Å². The Balaban J connectivity index is 2.95. The Kier molecular flexibility index (Phi) is 4.45. The maximum Gasteiger partial charge on any atom is 0.0626 e. The highest BCUT2D eigenvalue weighted by molar-refractivity contribution is 14.1. The van der Waals surface area contributed by atoms with E-state index in [4.69, 9.17) is 16.7 Å². The number of hydrogen-bond donors (Lipinski definition) is 2. The molecule has 1 aromatic carbocycles. The molecular weight excluding hydrogens is 300 g/mol. The van der Waals surface area contributed by atoms with Gasteiger partial charge in [0.2, 0.25) is 0 Å². The molecule has 0 radical (unpaired) electrons. The first-order valence-electron chi connectivity index (χ1n) is 3.92. The van der Waals surface area contributed by atoms with Gasteiger partial charge in [0.15, 0.2) is 0 Å². The largest absolute Gasteiger partial charge is 0.394 e. The van der Waals surface area contributed by atoms with Crippen LogP contribution in [0.3, 0.4) is 0 Å². The van der Waals surface area contributed by atoms with E-state index >= 15 is 0 Å². The molecule has 0 aliphatic carbocycles. The zero-order chi connectivity index (χ0) is 9.84. The lowest BCUT2D eigenvalue weighted by Gasteiger charge is -2.13. The Labute approximate surface area is 96.4 Å². The highest BCUT2D eigenvalue weighted by atomic mass is 127. The fraction of sp³-hybridized carbons (Fsp3) is 0.333. The van der Waals surface area contributed by atoms with Crippen molar-refractivity contribution >= 4 is 34.2 Å². The van der Waals surface area contributed by atoms with Crippen molar-refractivity contribution in [2.75, 3.05) is 13.7 Å². The monoisotopic (exact) mass is 311 g/mol. The first-order valence-corrected chi connectivity index (χ1v) is 5.37. The fourth-order valence-electron chi connectivity index (χ4n) is 1.09. The molecule has 2 N–H and O–H groups in total. The summed E-state index contributed by atoms with van der Waals surface area (Å²) in [6.45, 7) is 0.0915. The molecule has 0 saturated carbocycles. The van der Waals surface area contributed by atoms with Crippen LogP contribution in [0.4, 0.5) is 0 Å². The Morgan fingerprint density at radius 1 is 1.62 bits per heavy atom. The molecule has 0 saturated heterocycles. The standard InChI is InChI=1S/C9H11ClINO/c1-12-9(5-13)6-2-3-7(10)8(11)4-6/h2-4,9,12-13H,5H2,1H3/t9-/m1/s1. The number of rotatable bonds is 3. The third-order valence-electron chi connectivity index (χ3n) is 1.88. The highest BCUT2D eigenvalue weighted by Crippen LogP contribution is 2.22. The summed E-state index contributed by atoms with van der Waals surface area (Å²) in [5, 5.41) is 12.8. The average Bonchev–Trinajstić information content (AvgIpc) is 2.13. The second-order valence-corrected chi connectivity index (χ2v) is 4.27. The molecule has 0 aromatic heterocycles. The third-order valence-corrected chi connectivity index (χ3v) is 3.42. The van der Waals surface area contributed by atoms with Gasteiger partial charge in [-0.25, -0.2) is 0 Å². The van der Waals surface area contributed by atoms with Crippen LogP contribution < -0.4 is 5.32 Å². The van der Waals surface area contributed by atoms with E-state index in [9.17, 15) is 0 Å². The molecular formula is C9H11ClINO. The van der Waals surface area contributed by atoms with Crippen molar-refractivity contribution in [1.82, 2.24) is 5.32 Å². The van der Waals surface area contributed by atoms with Gasteiger partial charge < -0.3 is 10.4 Å². The fourth-order valence-corrected chi connectivity index (χ4v) is 1.75. The quantitative estimate of drug-likeness (QED) is 0.839. The lowest BCUT2D eigenvalue weighted by molar-refractivity contribution is 0.251. The molecule has 2 nitrogen and oxygen atoms in total. The SMILES string of the molecule is CN[C@H](CO)c1ccc(Cl)c(I)c1. The summed E-state index contributed by atoms with van der Waals surface area (Å²) in [6, 6.07) is 5.73. The molecule has 0 bridgehead atoms. The van der Waals surface area contributed by atoms with Crippen LogP contribution >= 0.6 is 34.2 Å². The van der Waals surface area contributed by atoms with Gasteiger partial charge in [0.1, 0.15) is 0 Å². The minimum Gasteiger partial charge on any atom is -0.394 e. The lowest BCUT2D eigenvalue weighted by atomic mass is 10.1. The summed E-state index contributed by atoms with van der Waals surface area (Å²) >= 11 is 8.06. The summed E-state index contributed by atoms with van der Waals surface area (Å²) in [6.07, 6.45) is 0. The molecule has 1 aromatic rings. The topological polar surface area (TPSA) is 32.3 Å². The molecule has 0 aliphatic heterocycles. The average molecular weight is 312 g/mol. The summed E-state index contributed by atoms with van der Waals surface area (Å²) in [5.41, 5.74) is 1.05. The van der Waals surface area contributed by atoms with Crippen LogP contribution in [-0.2, 0) is 0 Å². The third kappa shape index (κ3) is 2.80. The zero-order valence-electron chi connectivity index (χ0n) is 7.22. The van der Waals surface area contributed by atoms with Crippen LogP contribution in [0.2, 0.25) is 5.02 Å². The normalized spacial score (nSPS) is 12.9. The highest BCUT2D eigenvalue weighted by Gasteiger charge is 2.08. The van der Waals surface area contributed by atoms with E-state index in [0.717, 1.165) is 14.2 Å². The molecule has 1 rings (SSSR count). The Hall–Kier alpha value is 0.160. The molecule has 0 aliphatic rings. The number of aliphatic hydroxyl groups excluding tert-OH is 1. The van der Waals surface area contributed by atoms with Crippen LogP contribution in [0.5, 0.6) is 0 Å². The van der Waals surface area contributed by atoms with Crippen molar-refractivity contribution in [3.63, 3.8) is 0 Å². The second kappa shape index (κ2) is 5.14. The van der Waals surface area contributed by atoms with E-state index in [2.05, 4.69) is 27.9 Å². The van der Waals surface area contributed by atoms with Gasteiger partial charge >= 0.3 is 0 Å². The number of nitrogens with one attached hydrogen (secondary N) is 1. The summed E-state index contributed by atoms with van der Waals surface area (Å²) < 4.78 is 1.01. The number of halogens is 2. The van der Waals surface area contributed by atoms with Crippen LogP contribution in [-0.4, -0.2) is 18.8 Å². The smallest absolute Gasteiger partial charge is 0.0626 e. The van der Waals surface area contributed by atoms with Crippen molar-refractivity contribution in [3.05, 3.63) is 32.4 Å². The molecule has 4 heteroatoms. The minimum atomic E-state index is -0.00853. The van der Waals surface area contributed by atoms with Crippen LogP contribution in [0.25, 0.3) is 0 Å². The Bertz CT molecular complexity index is 289. The first-order chi connectivity index (χ1) is 6.19. The maximum absolute atomic E-state index is 9.04. The van der Waals surface area contributed by atoms with Gasteiger partial charge in [0.25, 0.3) is 0 Å². The van der Waals surface area contributed by atoms with Gasteiger partial charge in [-0.1, -0.05) is 17.7 Å². The molecule has 1 atom stereocenters. The predicted molar refractivity (Wildman–Crippen MR) is 63.1 cm³/mol. The van der Waals surface area contributed by atoms with Gasteiger partial charge in [-0.05, 0) is 47.3 Å². The molecule has 0 heterocycles. The van der Waals surface area contributed by atoms with Crippen molar-refractivity contribution in [2.24, 2.45) is 0 Å².